The lowest BCUT2D eigenvalue weighted by molar-refractivity contribution is -0.160. The smallest absolute Gasteiger partial charge is 0.398 e. The summed E-state index contributed by atoms with van der Waals surface area (Å²) in [6, 6.07) is 16.3. The summed E-state index contributed by atoms with van der Waals surface area (Å²) in [5.74, 6) is 0.524. The molecule has 8 nitrogen and oxygen atoms in total. The largest absolute Gasteiger partial charge is 0.490 e. The van der Waals surface area contributed by atoms with Crippen molar-refractivity contribution >= 4 is 26.7 Å². The summed E-state index contributed by atoms with van der Waals surface area (Å²) in [5, 5.41) is 1.64. The number of halogens is 3. The highest BCUT2D eigenvalue weighted by Gasteiger charge is 2.64. The fourth-order valence-electron chi connectivity index (χ4n) is 7.60. The number of nitrogens with zero attached hydrogens (tertiary/aromatic N) is 3. The Morgan fingerprint density at radius 2 is 1.54 bits per heavy atom. The topological polar surface area (TPSA) is 96.2 Å². The molecule has 2 saturated heterocycles. The van der Waals surface area contributed by atoms with Crippen molar-refractivity contribution in [3.8, 4) is 5.75 Å². The van der Waals surface area contributed by atoms with Crippen LogP contribution in [0.2, 0.25) is 0 Å². The van der Waals surface area contributed by atoms with E-state index in [1.54, 1.807) is 47.4 Å². The molecule has 1 atom stereocenters. The highest BCUT2D eigenvalue weighted by atomic mass is 32.2. The van der Waals surface area contributed by atoms with Crippen LogP contribution in [-0.2, 0) is 26.8 Å². The zero-order valence-electron chi connectivity index (χ0n) is 27.0. The van der Waals surface area contributed by atoms with Crippen molar-refractivity contribution in [1.82, 2.24) is 14.1 Å². The Bertz CT molecular complexity index is 1750. The maximum atomic E-state index is 14.3. The number of fused-ring (bicyclic) bond motifs is 1. The van der Waals surface area contributed by atoms with E-state index >= 15 is 0 Å². The molecule has 2 aliphatic heterocycles. The molecular formula is C36H43F3N4O4S. The lowest BCUT2D eigenvalue weighted by atomic mass is 9.94. The van der Waals surface area contributed by atoms with E-state index in [0.717, 1.165) is 34.9 Å². The Morgan fingerprint density at radius 3 is 2.21 bits per heavy atom. The van der Waals surface area contributed by atoms with Crippen molar-refractivity contribution in [1.29, 1.82) is 0 Å². The Hall–Kier alpha value is -3.19. The molecule has 12 heteroatoms. The maximum Gasteiger partial charge on any atom is 0.398 e. The normalized spacial score (nSPS) is 23.1. The Labute approximate surface area is 280 Å². The van der Waals surface area contributed by atoms with Crippen molar-refractivity contribution < 1.29 is 31.1 Å². The number of rotatable bonds is 8. The van der Waals surface area contributed by atoms with E-state index in [-0.39, 0.29) is 54.4 Å². The van der Waals surface area contributed by atoms with Crippen LogP contribution in [0.3, 0.4) is 0 Å². The van der Waals surface area contributed by atoms with E-state index in [2.05, 4.69) is 0 Å². The number of hydrogen-bond donors (Lipinski definition) is 1. The molecule has 2 heterocycles. The summed E-state index contributed by atoms with van der Waals surface area (Å²) >= 11 is 0. The second-order valence-electron chi connectivity index (χ2n) is 14.0. The SMILES string of the molecule is NC1CCN(C(=O)C2CN(Cc3ccc(C4(C(F)(F)F)CC4)cc3)CCN2S(=O)(=O)c2ccc3cc(OC4CCCC4)ccc3c2)CC1. The minimum atomic E-state index is -4.28. The van der Waals surface area contributed by atoms with Crippen molar-refractivity contribution in [2.45, 2.75) is 92.6 Å². The molecule has 258 valence electrons. The summed E-state index contributed by atoms with van der Waals surface area (Å²) in [6.07, 6.45) is 1.87. The Kier molecular flexibility index (Phi) is 8.97. The highest BCUT2D eigenvalue weighted by Crippen LogP contribution is 2.58. The van der Waals surface area contributed by atoms with Gasteiger partial charge in [-0.1, -0.05) is 36.4 Å². The Morgan fingerprint density at radius 1 is 0.875 bits per heavy atom. The van der Waals surface area contributed by atoms with Crippen LogP contribution in [0.15, 0.2) is 65.6 Å². The number of sulfonamides is 1. The number of piperidine rings is 1. The molecule has 0 spiro atoms. The molecule has 1 unspecified atom stereocenters. The van der Waals surface area contributed by atoms with E-state index in [1.165, 1.54) is 17.1 Å². The Balaban J connectivity index is 1.11. The first-order chi connectivity index (χ1) is 22.9. The molecule has 4 aliphatic rings. The van der Waals surface area contributed by atoms with Gasteiger partial charge >= 0.3 is 6.18 Å². The quantitative estimate of drug-likeness (QED) is 0.333. The van der Waals surface area contributed by atoms with Gasteiger partial charge in [0, 0.05) is 45.3 Å². The van der Waals surface area contributed by atoms with Crippen molar-refractivity contribution in [3.05, 3.63) is 71.8 Å². The minimum absolute atomic E-state index is 0.00788. The van der Waals surface area contributed by atoms with Crippen LogP contribution < -0.4 is 10.5 Å². The first-order valence-electron chi connectivity index (χ1n) is 17.1. The minimum Gasteiger partial charge on any atom is -0.490 e. The molecule has 2 N–H and O–H groups in total. The summed E-state index contributed by atoms with van der Waals surface area (Å²) < 4.78 is 77.0. The van der Waals surface area contributed by atoms with Crippen LogP contribution in [0.5, 0.6) is 5.75 Å². The van der Waals surface area contributed by atoms with Crippen LogP contribution in [0.4, 0.5) is 13.2 Å². The van der Waals surface area contributed by atoms with Gasteiger partial charge in [-0.3, -0.25) is 9.69 Å². The number of hydrogen-bond acceptors (Lipinski definition) is 6. The number of carbonyl (C=O) groups is 1. The molecule has 48 heavy (non-hydrogen) atoms. The molecular weight excluding hydrogens is 641 g/mol. The van der Waals surface area contributed by atoms with Gasteiger partial charge in [0.2, 0.25) is 15.9 Å². The second-order valence-corrected chi connectivity index (χ2v) is 15.9. The molecule has 4 fully saturated rings. The third-order valence-electron chi connectivity index (χ3n) is 10.8. The number of ether oxygens (including phenoxy) is 1. The van der Waals surface area contributed by atoms with Crippen LogP contribution in [0.1, 0.15) is 62.5 Å². The number of piperazine rings is 1. The lowest BCUT2D eigenvalue weighted by Gasteiger charge is -2.42. The van der Waals surface area contributed by atoms with Crippen LogP contribution >= 0.6 is 0 Å². The predicted octanol–water partition coefficient (Wildman–Crippen LogP) is 5.58. The first-order valence-corrected chi connectivity index (χ1v) is 18.5. The van der Waals surface area contributed by atoms with Crippen LogP contribution in [0.25, 0.3) is 10.8 Å². The highest BCUT2D eigenvalue weighted by molar-refractivity contribution is 7.89. The molecule has 3 aromatic rings. The zero-order chi connectivity index (χ0) is 33.7. The predicted molar refractivity (Wildman–Crippen MR) is 177 cm³/mol. The summed E-state index contributed by atoms with van der Waals surface area (Å²) in [7, 11) is -4.05. The van der Waals surface area contributed by atoms with E-state index in [1.807, 2.05) is 23.1 Å². The molecule has 2 aliphatic carbocycles. The third kappa shape index (κ3) is 6.56. The van der Waals surface area contributed by atoms with Gasteiger partial charge in [-0.25, -0.2) is 8.42 Å². The second kappa shape index (κ2) is 12.9. The van der Waals surface area contributed by atoms with Gasteiger partial charge in [0.1, 0.15) is 11.8 Å². The number of amides is 1. The third-order valence-corrected chi connectivity index (χ3v) is 12.7. The fourth-order valence-corrected chi connectivity index (χ4v) is 9.20. The summed E-state index contributed by atoms with van der Waals surface area (Å²) in [6.45, 7) is 1.97. The number of likely N-dealkylation sites (tertiary alicyclic amines) is 1. The average molecular weight is 685 g/mol. The number of carbonyl (C=O) groups excluding carboxylic acids is 1. The van der Waals surface area contributed by atoms with Crippen molar-refractivity contribution in [2.24, 2.45) is 5.73 Å². The maximum absolute atomic E-state index is 14.3. The van der Waals surface area contributed by atoms with Crippen molar-refractivity contribution in [2.75, 3.05) is 32.7 Å². The molecule has 7 rings (SSSR count). The van der Waals surface area contributed by atoms with Gasteiger partial charge in [0.05, 0.1) is 16.4 Å². The molecule has 1 amide bonds. The molecule has 3 aromatic carbocycles. The molecule has 0 radical (unpaired) electrons. The number of nitrogens with two attached hydrogens (primary N) is 1. The van der Waals surface area contributed by atoms with E-state index in [4.69, 9.17) is 10.5 Å². The lowest BCUT2D eigenvalue weighted by Crippen LogP contribution is -2.61. The molecule has 0 aromatic heterocycles. The van der Waals surface area contributed by atoms with Crippen LogP contribution in [0, 0.1) is 0 Å². The number of benzene rings is 3. The standard InChI is InChI=1S/C36H43F3N4O4S/c37-36(38,39)35(15-16-35)28-9-5-25(6-10-28)23-41-19-20-43(33(24-41)34(44)42-17-13-29(40)14-18-42)48(45,46)32-12-8-26-21-31(11-7-27(26)22-32)47-30-3-1-2-4-30/h5-12,21-22,29-30,33H,1-4,13-20,23-24,40H2. The summed E-state index contributed by atoms with van der Waals surface area (Å²) in [5.41, 5.74) is 5.44. The van der Waals surface area contributed by atoms with E-state index in [9.17, 15) is 26.4 Å². The molecule has 2 saturated carbocycles. The van der Waals surface area contributed by atoms with Gasteiger partial charge in [0.15, 0.2) is 0 Å². The van der Waals surface area contributed by atoms with Gasteiger partial charge in [-0.2, -0.15) is 17.5 Å². The zero-order valence-corrected chi connectivity index (χ0v) is 27.8. The molecule has 0 bridgehead atoms. The average Bonchev–Trinajstić information content (AvgIpc) is 3.75. The van der Waals surface area contributed by atoms with Crippen LogP contribution in [-0.4, -0.2) is 85.5 Å². The number of alkyl halides is 3. The van der Waals surface area contributed by atoms with Gasteiger partial charge < -0.3 is 15.4 Å². The van der Waals surface area contributed by atoms with Gasteiger partial charge in [0.25, 0.3) is 0 Å². The summed E-state index contributed by atoms with van der Waals surface area (Å²) in [4.78, 5) is 17.9. The van der Waals surface area contributed by atoms with Crippen molar-refractivity contribution in [3.63, 3.8) is 0 Å². The van der Waals surface area contributed by atoms with Gasteiger partial charge in [-0.05, 0) is 97.5 Å². The van der Waals surface area contributed by atoms with E-state index in [0.29, 0.717) is 39.0 Å². The van der Waals surface area contributed by atoms with Gasteiger partial charge in [-0.15, -0.1) is 0 Å². The fraction of sp³-hybridized carbons (Fsp3) is 0.528. The monoisotopic (exact) mass is 684 g/mol. The van der Waals surface area contributed by atoms with E-state index < -0.39 is 27.7 Å². The first kappa shape index (κ1) is 33.3.